The second-order valence-electron chi connectivity index (χ2n) is 7.67. The SMILES string of the molecule is CN=C(NCC(Nc1ccccc1)C(C)C)N1CCC(c2cnn(C)c2)C1.I. The molecule has 2 N–H and O–H groups in total. The van der Waals surface area contributed by atoms with Crippen LogP contribution in [0.15, 0.2) is 47.7 Å². The van der Waals surface area contributed by atoms with E-state index in [2.05, 4.69) is 69.9 Å². The molecule has 6 nitrogen and oxygen atoms in total. The number of aliphatic imine (C=N–C) groups is 1. The summed E-state index contributed by atoms with van der Waals surface area (Å²) in [4.78, 5) is 6.88. The molecule has 3 rings (SSSR count). The van der Waals surface area contributed by atoms with E-state index in [1.54, 1.807) is 0 Å². The van der Waals surface area contributed by atoms with Crippen LogP contribution in [0.2, 0.25) is 0 Å². The van der Waals surface area contributed by atoms with Gasteiger partial charge in [-0.1, -0.05) is 32.0 Å². The highest BCUT2D eigenvalue weighted by Crippen LogP contribution is 2.26. The van der Waals surface area contributed by atoms with Gasteiger partial charge in [0.1, 0.15) is 0 Å². The number of guanidine groups is 1. The fraction of sp³-hybridized carbons (Fsp3) is 0.524. The number of hydrogen-bond acceptors (Lipinski definition) is 3. The lowest BCUT2D eigenvalue weighted by atomic mass is 10.0. The van der Waals surface area contributed by atoms with Gasteiger partial charge < -0.3 is 15.5 Å². The van der Waals surface area contributed by atoms with E-state index >= 15 is 0 Å². The van der Waals surface area contributed by atoms with Gasteiger partial charge in [-0.25, -0.2) is 0 Å². The van der Waals surface area contributed by atoms with Crippen molar-refractivity contribution in [1.82, 2.24) is 20.0 Å². The van der Waals surface area contributed by atoms with Gasteiger partial charge in [0.25, 0.3) is 0 Å². The third-order valence-corrected chi connectivity index (χ3v) is 5.31. The number of aryl methyl sites for hydroxylation is 1. The lowest BCUT2D eigenvalue weighted by Gasteiger charge is -2.27. The minimum Gasteiger partial charge on any atom is -0.380 e. The van der Waals surface area contributed by atoms with E-state index < -0.39 is 0 Å². The van der Waals surface area contributed by atoms with Crippen molar-refractivity contribution in [1.29, 1.82) is 0 Å². The molecule has 1 saturated heterocycles. The predicted octanol–water partition coefficient (Wildman–Crippen LogP) is 3.54. The van der Waals surface area contributed by atoms with Crippen LogP contribution in [0, 0.1) is 5.92 Å². The Morgan fingerprint density at radius 2 is 2.04 bits per heavy atom. The molecule has 0 bridgehead atoms. The highest BCUT2D eigenvalue weighted by atomic mass is 127. The van der Waals surface area contributed by atoms with E-state index in [-0.39, 0.29) is 24.0 Å². The molecule has 2 heterocycles. The van der Waals surface area contributed by atoms with Gasteiger partial charge in [0.15, 0.2) is 5.96 Å². The maximum absolute atomic E-state index is 4.52. The molecule has 0 spiro atoms. The highest BCUT2D eigenvalue weighted by Gasteiger charge is 2.27. The van der Waals surface area contributed by atoms with Crippen LogP contribution >= 0.6 is 24.0 Å². The maximum Gasteiger partial charge on any atom is 0.193 e. The van der Waals surface area contributed by atoms with Gasteiger partial charge in [-0.15, -0.1) is 24.0 Å². The van der Waals surface area contributed by atoms with Gasteiger partial charge in [-0.3, -0.25) is 9.67 Å². The first-order chi connectivity index (χ1) is 13.1. The quantitative estimate of drug-likeness (QED) is 0.365. The second kappa shape index (κ2) is 10.7. The van der Waals surface area contributed by atoms with Crippen LogP contribution in [0.5, 0.6) is 0 Å². The Morgan fingerprint density at radius 3 is 2.64 bits per heavy atom. The number of nitrogens with zero attached hydrogens (tertiary/aromatic N) is 4. The molecule has 154 valence electrons. The highest BCUT2D eigenvalue weighted by molar-refractivity contribution is 14.0. The second-order valence-corrected chi connectivity index (χ2v) is 7.67. The van der Waals surface area contributed by atoms with Crippen molar-refractivity contribution in [2.75, 3.05) is 32.0 Å². The van der Waals surface area contributed by atoms with Gasteiger partial charge in [0.2, 0.25) is 0 Å². The number of anilines is 1. The summed E-state index contributed by atoms with van der Waals surface area (Å²) in [6.07, 6.45) is 5.26. The zero-order chi connectivity index (χ0) is 19.2. The number of para-hydroxylation sites is 1. The molecule has 1 aromatic carbocycles. The largest absolute Gasteiger partial charge is 0.380 e. The summed E-state index contributed by atoms with van der Waals surface area (Å²) >= 11 is 0. The summed E-state index contributed by atoms with van der Waals surface area (Å²) in [5, 5.41) is 11.5. The molecule has 0 radical (unpaired) electrons. The van der Waals surface area contributed by atoms with Gasteiger partial charge in [0, 0.05) is 57.6 Å². The number of aromatic nitrogens is 2. The van der Waals surface area contributed by atoms with Crippen molar-refractivity contribution in [2.24, 2.45) is 18.0 Å². The molecule has 1 aliphatic heterocycles. The van der Waals surface area contributed by atoms with Crippen LogP contribution in [-0.2, 0) is 7.05 Å². The predicted molar refractivity (Wildman–Crippen MR) is 128 cm³/mol. The molecule has 2 unspecified atom stereocenters. The van der Waals surface area contributed by atoms with Crippen molar-refractivity contribution < 1.29 is 0 Å². The third-order valence-electron chi connectivity index (χ3n) is 5.31. The molecule has 0 amide bonds. The van der Waals surface area contributed by atoms with Gasteiger partial charge in [-0.05, 0) is 30.0 Å². The monoisotopic (exact) mass is 496 g/mol. The maximum atomic E-state index is 4.52. The Labute approximate surface area is 185 Å². The van der Waals surface area contributed by atoms with E-state index in [1.807, 2.05) is 31.0 Å². The summed E-state index contributed by atoms with van der Waals surface area (Å²) < 4.78 is 1.88. The first-order valence-electron chi connectivity index (χ1n) is 9.82. The Balaban J connectivity index is 0.00000280. The van der Waals surface area contributed by atoms with Crippen molar-refractivity contribution in [3.63, 3.8) is 0 Å². The average molecular weight is 496 g/mol. The summed E-state index contributed by atoms with van der Waals surface area (Å²) in [6.45, 7) is 7.35. The van der Waals surface area contributed by atoms with Gasteiger partial charge >= 0.3 is 0 Å². The molecule has 1 aliphatic rings. The number of likely N-dealkylation sites (tertiary alicyclic amines) is 1. The Bertz CT molecular complexity index is 742. The fourth-order valence-corrected chi connectivity index (χ4v) is 3.61. The molecule has 0 saturated carbocycles. The number of rotatable bonds is 6. The lowest BCUT2D eigenvalue weighted by Crippen LogP contribution is -2.46. The van der Waals surface area contributed by atoms with Crippen LogP contribution in [0.3, 0.4) is 0 Å². The van der Waals surface area contributed by atoms with Gasteiger partial charge in [-0.2, -0.15) is 5.10 Å². The number of benzene rings is 1. The Morgan fingerprint density at radius 1 is 1.29 bits per heavy atom. The van der Waals surface area contributed by atoms with Crippen LogP contribution in [0.1, 0.15) is 31.7 Å². The molecule has 28 heavy (non-hydrogen) atoms. The molecule has 7 heteroatoms. The standard InChI is InChI=1S/C21H32N6.HI/c1-16(2)20(25-19-8-6-5-7-9-19)13-23-21(22-3)27-11-10-17(15-27)18-12-24-26(4)14-18;/h5-9,12,14,16-17,20,25H,10-11,13,15H2,1-4H3,(H,22,23);1H. The lowest BCUT2D eigenvalue weighted by molar-refractivity contribution is 0.463. The van der Waals surface area contributed by atoms with Crippen molar-refractivity contribution >= 4 is 35.6 Å². The van der Waals surface area contributed by atoms with E-state index in [4.69, 9.17) is 0 Å². The van der Waals surface area contributed by atoms with E-state index in [0.29, 0.717) is 17.9 Å². The Kier molecular flexibility index (Phi) is 8.59. The Hall–Kier alpha value is -1.77. The van der Waals surface area contributed by atoms with E-state index in [1.165, 1.54) is 5.56 Å². The molecule has 2 aromatic rings. The molecule has 2 atom stereocenters. The van der Waals surface area contributed by atoms with Gasteiger partial charge in [0.05, 0.1) is 6.20 Å². The fourth-order valence-electron chi connectivity index (χ4n) is 3.61. The molecule has 1 aromatic heterocycles. The molecular weight excluding hydrogens is 463 g/mol. The topological polar surface area (TPSA) is 57.5 Å². The number of hydrogen-bond donors (Lipinski definition) is 2. The minimum absolute atomic E-state index is 0. The van der Waals surface area contributed by atoms with Crippen molar-refractivity contribution in [2.45, 2.75) is 32.2 Å². The normalized spacial score (nSPS) is 18.1. The third kappa shape index (κ3) is 5.86. The molecular formula is C21H33IN6. The summed E-state index contributed by atoms with van der Waals surface area (Å²) in [5.74, 6) is 2.03. The summed E-state index contributed by atoms with van der Waals surface area (Å²) in [5.41, 5.74) is 2.48. The van der Waals surface area contributed by atoms with Crippen LogP contribution in [0.4, 0.5) is 5.69 Å². The first-order valence-corrected chi connectivity index (χ1v) is 9.82. The summed E-state index contributed by atoms with van der Waals surface area (Å²) in [6, 6.07) is 10.7. The van der Waals surface area contributed by atoms with E-state index in [0.717, 1.165) is 37.7 Å². The summed E-state index contributed by atoms with van der Waals surface area (Å²) in [7, 11) is 3.84. The van der Waals surface area contributed by atoms with Crippen LogP contribution in [0.25, 0.3) is 0 Å². The minimum atomic E-state index is 0. The first kappa shape index (κ1) is 22.5. The molecule has 0 aliphatic carbocycles. The van der Waals surface area contributed by atoms with Crippen LogP contribution in [-0.4, -0.2) is 53.4 Å². The van der Waals surface area contributed by atoms with E-state index in [9.17, 15) is 0 Å². The van der Waals surface area contributed by atoms with Crippen molar-refractivity contribution in [3.8, 4) is 0 Å². The number of halogens is 1. The average Bonchev–Trinajstić information content (AvgIpc) is 3.31. The zero-order valence-corrected chi connectivity index (χ0v) is 19.6. The van der Waals surface area contributed by atoms with Crippen molar-refractivity contribution in [3.05, 3.63) is 48.3 Å². The zero-order valence-electron chi connectivity index (χ0n) is 17.3. The number of nitrogens with one attached hydrogen (secondary N) is 2. The smallest absolute Gasteiger partial charge is 0.193 e. The molecule has 1 fully saturated rings. The van der Waals surface area contributed by atoms with Crippen LogP contribution < -0.4 is 10.6 Å².